The monoisotopic (exact) mass is 412 g/mol. The van der Waals surface area contributed by atoms with Crippen LogP contribution in [-0.4, -0.2) is 9.97 Å². The Morgan fingerprint density at radius 2 is 0.469 bits per heavy atom. The second kappa shape index (κ2) is 9.23. The van der Waals surface area contributed by atoms with Gasteiger partial charge >= 0.3 is 0 Å². The minimum atomic E-state index is 1.21. The van der Waals surface area contributed by atoms with Gasteiger partial charge in [-0.25, -0.2) is 0 Å². The lowest BCUT2D eigenvalue weighted by Gasteiger charge is -1.87. The summed E-state index contributed by atoms with van der Waals surface area (Å²) in [6.07, 6.45) is 0. The van der Waals surface area contributed by atoms with E-state index in [-0.39, 0.29) is 0 Å². The van der Waals surface area contributed by atoms with Crippen LogP contribution in [0, 0.1) is 0 Å². The molecule has 0 fully saturated rings. The van der Waals surface area contributed by atoms with Crippen LogP contribution in [0.4, 0.5) is 0 Å². The first-order chi connectivity index (χ1) is 15.9. The summed E-state index contributed by atoms with van der Waals surface area (Å²) >= 11 is 0. The molecular weight excluding hydrogens is 388 g/mol. The molecule has 0 aliphatic rings. The molecule has 0 atom stereocenters. The topological polar surface area (TPSA) is 31.6 Å². The van der Waals surface area contributed by atoms with E-state index in [4.69, 9.17) is 0 Å². The maximum Gasteiger partial charge on any atom is 0.0464 e. The van der Waals surface area contributed by atoms with E-state index in [2.05, 4.69) is 107 Å². The lowest BCUT2D eigenvalue weighted by molar-refractivity contribution is 1.55. The normalized spacial score (nSPS) is 10.5. The molecule has 0 spiro atoms. The van der Waals surface area contributed by atoms with Crippen molar-refractivity contribution in [1.82, 2.24) is 9.97 Å². The molecule has 0 saturated carbocycles. The number of H-pyrrole nitrogens is 2. The number of rotatable bonds is 0. The minimum Gasteiger partial charge on any atom is -0.355 e. The van der Waals surface area contributed by atoms with Crippen LogP contribution >= 0.6 is 0 Å². The first-order valence-electron chi connectivity index (χ1n) is 10.8. The van der Waals surface area contributed by atoms with Crippen molar-refractivity contribution in [2.45, 2.75) is 0 Å². The molecule has 2 nitrogen and oxygen atoms in total. The maximum atomic E-state index is 3.38. The zero-order valence-electron chi connectivity index (χ0n) is 17.7. The van der Waals surface area contributed by atoms with Crippen LogP contribution in [0.25, 0.3) is 43.6 Å². The van der Waals surface area contributed by atoms with Crippen molar-refractivity contribution in [2.75, 3.05) is 0 Å². The first kappa shape index (κ1) is 19.7. The van der Waals surface area contributed by atoms with Gasteiger partial charge in [-0.15, -0.1) is 0 Å². The Morgan fingerprint density at radius 3 is 0.719 bits per heavy atom. The highest BCUT2D eigenvalue weighted by atomic mass is 14.7. The molecule has 2 N–H and O–H groups in total. The van der Waals surface area contributed by atoms with Crippen molar-refractivity contribution in [1.29, 1.82) is 0 Å². The van der Waals surface area contributed by atoms with Crippen LogP contribution in [-0.2, 0) is 0 Å². The molecule has 0 amide bonds. The van der Waals surface area contributed by atoms with E-state index in [0.717, 1.165) is 0 Å². The molecule has 0 radical (unpaired) electrons. The molecule has 154 valence electrons. The Morgan fingerprint density at radius 1 is 0.250 bits per heavy atom. The Bertz CT molecular complexity index is 1340. The zero-order chi connectivity index (χ0) is 21.6. The number of para-hydroxylation sites is 4. The van der Waals surface area contributed by atoms with Crippen LogP contribution in [0.15, 0.2) is 133 Å². The van der Waals surface area contributed by atoms with Gasteiger partial charge < -0.3 is 9.97 Å². The Labute approximate surface area is 187 Å². The van der Waals surface area contributed by atoms with Gasteiger partial charge in [-0.3, -0.25) is 0 Å². The van der Waals surface area contributed by atoms with E-state index in [9.17, 15) is 0 Å². The molecule has 32 heavy (non-hydrogen) atoms. The summed E-state index contributed by atoms with van der Waals surface area (Å²) in [5.41, 5.74) is 4.85. The third kappa shape index (κ3) is 4.12. The molecule has 0 aliphatic carbocycles. The summed E-state index contributed by atoms with van der Waals surface area (Å²) < 4.78 is 0. The largest absolute Gasteiger partial charge is 0.355 e. The lowest BCUT2D eigenvalue weighted by atomic mass is 10.2. The van der Waals surface area contributed by atoms with Gasteiger partial charge in [0.25, 0.3) is 0 Å². The third-order valence-corrected chi connectivity index (χ3v) is 5.49. The highest BCUT2D eigenvalue weighted by Crippen LogP contribution is 2.25. The van der Waals surface area contributed by atoms with Crippen LogP contribution in [0.1, 0.15) is 0 Å². The summed E-state index contributed by atoms with van der Waals surface area (Å²) in [6, 6.07) is 45.5. The van der Waals surface area contributed by atoms with Crippen LogP contribution in [0.2, 0.25) is 0 Å². The minimum absolute atomic E-state index is 1.21. The van der Waals surface area contributed by atoms with E-state index in [0.29, 0.717) is 0 Å². The van der Waals surface area contributed by atoms with E-state index in [1.807, 2.05) is 36.4 Å². The van der Waals surface area contributed by atoms with Gasteiger partial charge in [0.1, 0.15) is 0 Å². The van der Waals surface area contributed by atoms with Crippen LogP contribution < -0.4 is 0 Å². The fourth-order valence-electron chi connectivity index (χ4n) is 3.98. The predicted octanol–water partition coefficient (Wildman–Crippen LogP) is 8.33. The van der Waals surface area contributed by atoms with E-state index in [1.165, 1.54) is 43.6 Å². The number of nitrogens with one attached hydrogen (secondary N) is 2. The zero-order valence-corrected chi connectivity index (χ0v) is 17.7. The van der Waals surface area contributed by atoms with Crippen molar-refractivity contribution in [3.05, 3.63) is 133 Å². The quantitative estimate of drug-likeness (QED) is 0.251. The molecule has 0 aliphatic heterocycles. The molecular formula is C30H24N2. The summed E-state index contributed by atoms with van der Waals surface area (Å²) in [4.78, 5) is 6.76. The second-order valence-corrected chi connectivity index (χ2v) is 7.59. The molecule has 0 unspecified atom stereocenters. The van der Waals surface area contributed by atoms with Crippen molar-refractivity contribution in [3.63, 3.8) is 0 Å². The fourth-order valence-corrected chi connectivity index (χ4v) is 3.98. The number of hydrogen-bond acceptors (Lipinski definition) is 0. The highest BCUT2D eigenvalue weighted by molar-refractivity contribution is 6.07. The van der Waals surface area contributed by atoms with Crippen molar-refractivity contribution < 1.29 is 0 Å². The summed E-state index contributed by atoms with van der Waals surface area (Å²) in [5.74, 6) is 0. The molecule has 7 rings (SSSR count). The number of aromatic nitrogens is 2. The summed E-state index contributed by atoms with van der Waals surface area (Å²) in [7, 11) is 0. The molecule has 7 aromatic rings. The smallest absolute Gasteiger partial charge is 0.0464 e. The number of fused-ring (bicyclic) bond motifs is 6. The van der Waals surface area contributed by atoms with Crippen molar-refractivity contribution >= 4 is 43.6 Å². The number of hydrogen-bond donors (Lipinski definition) is 2. The number of aromatic amines is 2. The third-order valence-electron chi connectivity index (χ3n) is 5.49. The summed E-state index contributed by atoms with van der Waals surface area (Å²) in [6.45, 7) is 0. The van der Waals surface area contributed by atoms with E-state index < -0.39 is 0 Å². The fraction of sp³-hybridized carbons (Fsp3) is 0. The Balaban J connectivity index is 0.000000109. The van der Waals surface area contributed by atoms with Crippen LogP contribution in [0.3, 0.4) is 0 Å². The molecule has 5 aromatic carbocycles. The molecule has 2 heterocycles. The van der Waals surface area contributed by atoms with Gasteiger partial charge in [0.15, 0.2) is 0 Å². The average Bonchev–Trinajstić information content (AvgIpc) is 3.44. The summed E-state index contributed by atoms with van der Waals surface area (Å²) in [5, 5.41) is 5.22. The Kier molecular flexibility index (Phi) is 5.67. The van der Waals surface area contributed by atoms with Gasteiger partial charge in [-0.05, 0) is 24.3 Å². The average molecular weight is 413 g/mol. The molecule has 0 saturated heterocycles. The molecule has 2 heteroatoms. The van der Waals surface area contributed by atoms with Gasteiger partial charge in [-0.1, -0.05) is 109 Å². The van der Waals surface area contributed by atoms with Gasteiger partial charge in [-0.2, -0.15) is 0 Å². The van der Waals surface area contributed by atoms with Gasteiger partial charge in [0.2, 0.25) is 0 Å². The molecule has 2 aromatic heterocycles. The highest BCUT2D eigenvalue weighted by Gasteiger charge is 2.01. The van der Waals surface area contributed by atoms with Crippen LogP contribution in [0.5, 0.6) is 0 Å². The van der Waals surface area contributed by atoms with E-state index in [1.54, 1.807) is 0 Å². The van der Waals surface area contributed by atoms with Crippen molar-refractivity contribution in [2.24, 2.45) is 0 Å². The number of benzene rings is 5. The van der Waals surface area contributed by atoms with Gasteiger partial charge in [0.05, 0.1) is 0 Å². The maximum absolute atomic E-state index is 3.38. The van der Waals surface area contributed by atoms with Gasteiger partial charge in [0, 0.05) is 43.6 Å². The first-order valence-corrected chi connectivity index (χ1v) is 10.8. The standard InChI is InChI=1S/2C12H9N.C6H6/c2*1-3-7-11-9(5-1)10-6-2-4-8-12(10)13-11;1-2-4-6-5-3-1/h2*1-8,13H;1-6H. The SMILES string of the molecule is c1ccc2c(c1)[nH]c1ccccc12.c1ccc2c(c1)[nH]c1ccccc12.c1ccccc1. The predicted molar refractivity (Wildman–Crippen MR) is 138 cm³/mol. The van der Waals surface area contributed by atoms with E-state index >= 15 is 0 Å². The lowest BCUT2D eigenvalue weighted by Crippen LogP contribution is -1.62. The van der Waals surface area contributed by atoms with Crippen molar-refractivity contribution in [3.8, 4) is 0 Å². The molecule has 0 bridgehead atoms. The second-order valence-electron chi connectivity index (χ2n) is 7.59. The Hall–Kier alpha value is -4.30.